The van der Waals surface area contributed by atoms with E-state index < -0.39 is 0 Å². The number of nitrogens with two attached hydrogens (primary N) is 1. The molecule has 0 aliphatic heterocycles. The summed E-state index contributed by atoms with van der Waals surface area (Å²) >= 11 is 0. The molecule has 2 unspecified atom stereocenters. The van der Waals surface area contributed by atoms with Crippen LogP contribution in [0.3, 0.4) is 0 Å². The minimum Gasteiger partial charge on any atom is -0.330 e. The van der Waals surface area contributed by atoms with Crippen molar-refractivity contribution in [2.24, 2.45) is 23.5 Å². The van der Waals surface area contributed by atoms with Crippen molar-refractivity contribution in [2.75, 3.05) is 6.54 Å². The van der Waals surface area contributed by atoms with Gasteiger partial charge in [0.25, 0.3) is 0 Å². The fourth-order valence-electron chi connectivity index (χ4n) is 1.99. The van der Waals surface area contributed by atoms with Crippen LogP contribution in [-0.4, -0.2) is 6.54 Å². The number of hydrogen-bond acceptors (Lipinski definition) is 1. The standard InChI is InChI=1S/C11H25N/c1-5-10(7-9(3)4)11(6-2)8-12/h9-11H,5-8,12H2,1-4H3. The second-order valence-corrected chi connectivity index (χ2v) is 4.20. The van der Waals surface area contributed by atoms with Gasteiger partial charge in [0.1, 0.15) is 0 Å². The third kappa shape index (κ3) is 4.10. The summed E-state index contributed by atoms with van der Waals surface area (Å²) in [5, 5.41) is 0. The van der Waals surface area contributed by atoms with Crippen LogP contribution in [0.5, 0.6) is 0 Å². The first-order chi connectivity index (χ1) is 5.65. The molecule has 0 spiro atoms. The molecule has 2 atom stereocenters. The molecule has 0 aromatic carbocycles. The molecule has 0 aromatic heterocycles. The van der Waals surface area contributed by atoms with E-state index in [1.54, 1.807) is 0 Å². The number of rotatable bonds is 6. The molecule has 0 saturated heterocycles. The quantitative estimate of drug-likeness (QED) is 0.653. The van der Waals surface area contributed by atoms with E-state index in [1.807, 2.05) is 0 Å². The highest BCUT2D eigenvalue weighted by Gasteiger charge is 2.17. The maximum absolute atomic E-state index is 5.74. The van der Waals surface area contributed by atoms with Gasteiger partial charge in [-0.25, -0.2) is 0 Å². The first-order valence-corrected chi connectivity index (χ1v) is 5.35. The van der Waals surface area contributed by atoms with E-state index in [0.717, 1.165) is 24.3 Å². The average molecular weight is 171 g/mol. The van der Waals surface area contributed by atoms with Gasteiger partial charge in [-0.1, -0.05) is 40.5 Å². The Kier molecular flexibility index (Phi) is 6.45. The zero-order chi connectivity index (χ0) is 9.56. The fourth-order valence-corrected chi connectivity index (χ4v) is 1.99. The van der Waals surface area contributed by atoms with Crippen LogP contribution in [0.2, 0.25) is 0 Å². The van der Waals surface area contributed by atoms with Crippen molar-refractivity contribution >= 4 is 0 Å². The Morgan fingerprint density at radius 1 is 1.00 bits per heavy atom. The predicted molar refractivity (Wildman–Crippen MR) is 56.1 cm³/mol. The summed E-state index contributed by atoms with van der Waals surface area (Å²) in [5.41, 5.74) is 5.74. The van der Waals surface area contributed by atoms with E-state index in [2.05, 4.69) is 27.7 Å². The van der Waals surface area contributed by atoms with Crippen LogP contribution >= 0.6 is 0 Å². The summed E-state index contributed by atoms with van der Waals surface area (Å²) in [6.07, 6.45) is 3.86. The van der Waals surface area contributed by atoms with E-state index in [9.17, 15) is 0 Å². The summed E-state index contributed by atoms with van der Waals surface area (Å²) in [6, 6.07) is 0. The van der Waals surface area contributed by atoms with Crippen molar-refractivity contribution in [2.45, 2.75) is 47.0 Å². The number of hydrogen-bond donors (Lipinski definition) is 1. The van der Waals surface area contributed by atoms with Crippen molar-refractivity contribution in [3.05, 3.63) is 0 Å². The van der Waals surface area contributed by atoms with Gasteiger partial charge < -0.3 is 5.73 Å². The van der Waals surface area contributed by atoms with Gasteiger partial charge >= 0.3 is 0 Å². The first kappa shape index (κ1) is 12.0. The maximum atomic E-state index is 5.74. The average Bonchev–Trinajstić information content (AvgIpc) is 2.04. The molecular weight excluding hydrogens is 146 g/mol. The third-order valence-electron chi connectivity index (χ3n) is 2.79. The van der Waals surface area contributed by atoms with Crippen LogP contribution in [0, 0.1) is 17.8 Å². The van der Waals surface area contributed by atoms with Crippen molar-refractivity contribution < 1.29 is 0 Å². The normalized spacial score (nSPS) is 16.5. The van der Waals surface area contributed by atoms with Gasteiger partial charge in [0.05, 0.1) is 0 Å². The zero-order valence-corrected chi connectivity index (χ0v) is 9.14. The minimum atomic E-state index is 0.748. The second-order valence-electron chi connectivity index (χ2n) is 4.20. The predicted octanol–water partition coefficient (Wildman–Crippen LogP) is 3.04. The molecule has 0 fully saturated rings. The molecule has 0 aromatic rings. The van der Waals surface area contributed by atoms with Crippen LogP contribution in [-0.2, 0) is 0 Å². The summed E-state index contributed by atoms with van der Waals surface area (Å²) < 4.78 is 0. The van der Waals surface area contributed by atoms with Crippen molar-refractivity contribution in [3.63, 3.8) is 0 Å². The van der Waals surface area contributed by atoms with Crippen LogP contribution in [0.1, 0.15) is 47.0 Å². The first-order valence-electron chi connectivity index (χ1n) is 5.35. The minimum absolute atomic E-state index is 0.748. The van der Waals surface area contributed by atoms with E-state index in [4.69, 9.17) is 5.73 Å². The molecule has 12 heavy (non-hydrogen) atoms. The van der Waals surface area contributed by atoms with E-state index >= 15 is 0 Å². The molecule has 0 heterocycles. The molecule has 0 aliphatic carbocycles. The highest BCUT2D eigenvalue weighted by molar-refractivity contribution is 4.69. The molecule has 2 N–H and O–H groups in total. The lowest BCUT2D eigenvalue weighted by atomic mass is 9.82. The van der Waals surface area contributed by atoms with E-state index in [0.29, 0.717) is 0 Å². The van der Waals surface area contributed by atoms with Gasteiger partial charge in [0.15, 0.2) is 0 Å². The lowest BCUT2D eigenvalue weighted by Gasteiger charge is -2.25. The molecular formula is C11H25N. The maximum Gasteiger partial charge on any atom is -0.00463 e. The SMILES string of the molecule is CCC(CN)C(CC)CC(C)C. The van der Waals surface area contributed by atoms with Gasteiger partial charge in [-0.2, -0.15) is 0 Å². The highest BCUT2D eigenvalue weighted by atomic mass is 14.6. The lowest BCUT2D eigenvalue weighted by Crippen LogP contribution is -2.23. The molecule has 0 saturated carbocycles. The van der Waals surface area contributed by atoms with Gasteiger partial charge in [0, 0.05) is 0 Å². The summed E-state index contributed by atoms with van der Waals surface area (Å²) in [7, 11) is 0. The topological polar surface area (TPSA) is 26.0 Å². The Hall–Kier alpha value is -0.0400. The Labute approximate surface area is 77.7 Å². The molecule has 0 amide bonds. The van der Waals surface area contributed by atoms with Crippen LogP contribution < -0.4 is 5.73 Å². The Balaban J connectivity index is 3.92. The molecule has 0 bridgehead atoms. The fraction of sp³-hybridized carbons (Fsp3) is 1.00. The molecule has 1 heteroatoms. The van der Waals surface area contributed by atoms with Crippen molar-refractivity contribution in [3.8, 4) is 0 Å². The zero-order valence-electron chi connectivity index (χ0n) is 9.14. The van der Waals surface area contributed by atoms with Gasteiger partial charge in [0.2, 0.25) is 0 Å². The Bertz CT molecular complexity index is 95.2. The Morgan fingerprint density at radius 2 is 1.50 bits per heavy atom. The summed E-state index contributed by atoms with van der Waals surface area (Å²) in [5.74, 6) is 2.41. The monoisotopic (exact) mass is 171 g/mol. The van der Waals surface area contributed by atoms with Gasteiger partial charge in [-0.3, -0.25) is 0 Å². The summed E-state index contributed by atoms with van der Waals surface area (Å²) in [6.45, 7) is 9.99. The largest absolute Gasteiger partial charge is 0.330 e. The molecule has 1 nitrogen and oxygen atoms in total. The van der Waals surface area contributed by atoms with Crippen LogP contribution in [0.15, 0.2) is 0 Å². The van der Waals surface area contributed by atoms with Gasteiger partial charge in [-0.05, 0) is 30.7 Å². The van der Waals surface area contributed by atoms with Crippen LogP contribution in [0.25, 0.3) is 0 Å². The molecule has 0 aliphatic rings. The van der Waals surface area contributed by atoms with Crippen molar-refractivity contribution in [1.82, 2.24) is 0 Å². The van der Waals surface area contributed by atoms with Crippen LogP contribution in [0.4, 0.5) is 0 Å². The smallest absolute Gasteiger partial charge is 0.00463 e. The molecule has 0 radical (unpaired) electrons. The Morgan fingerprint density at radius 3 is 1.75 bits per heavy atom. The second kappa shape index (κ2) is 6.47. The lowest BCUT2D eigenvalue weighted by molar-refractivity contribution is 0.271. The van der Waals surface area contributed by atoms with E-state index in [-0.39, 0.29) is 0 Å². The van der Waals surface area contributed by atoms with E-state index in [1.165, 1.54) is 19.3 Å². The van der Waals surface area contributed by atoms with Crippen molar-refractivity contribution in [1.29, 1.82) is 0 Å². The molecule has 0 rings (SSSR count). The highest BCUT2D eigenvalue weighted by Crippen LogP contribution is 2.25. The summed E-state index contributed by atoms with van der Waals surface area (Å²) in [4.78, 5) is 0. The molecule has 74 valence electrons. The van der Waals surface area contributed by atoms with Gasteiger partial charge in [-0.15, -0.1) is 0 Å². The third-order valence-corrected chi connectivity index (χ3v) is 2.79.